The standard InChI is InChI=1S/C18H32IN3/c1-2-9-18(22,17(19)12-13-17)15-7-5-3-4-6-10-16(21,14-20)11-8-15/h15H,2-13,21-22H2,1H3. The first kappa shape index (κ1) is 18.5. The van der Waals surface area contributed by atoms with Gasteiger partial charge in [-0.15, -0.1) is 0 Å². The fourth-order valence-electron chi connectivity index (χ4n) is 4.30. The van der Waals surface area contributed by atoms with Crippen LogP contribution in [0.2, 0.25) is 0 Å². The Labute approximate surface area is 149 Å². The van der Waals surface area contributed by atoms with E-state index in [0.717, 1.165) is 38.5 Å². The van der Waals surface area contributed by atoms with Crippen molar-refractivity contribution in [2.45, 2.75) is 98.5 Å². The maximum Gasteiger partial charge on any atom is 0.104 e. The van der Waals surface area contributed by atoms with E-state index in [2.05, 4.69) is 35.6 Å². The van der Waals surface area contributed by atoms with E-state index in [1.807, 2.05) is 0 Å². The second-order valence-electron chi connectivity index (χ2n) is 7.71. The number of halogens is 1. The van der Waals surface area contributed by atoms with Gasteiger partial charge in [-0.2, -0.15) is 5.26 Å². The molecular formula is C18H32IN3. The van der Waals surface area contributed by atoms with Gasteiger partial charge < -0.3 is 11.5 Å². The highest BCUT2D eigenvalue weighted by Gasteiger charge is 2.57. The molecule has 0 amide bonds. The van der Waals surface area contributed by atoms with E-state index in [4.69, 9.17) is 11.5 Å². The fraction of sp³-hybridized carbons (Fsp3) is 0.944. The fourth-order valence-corrected chi connectivity index (χ4v) is 5.28. The molecule has 0 aromatic carbocycles. The molecule has 0 spiro atoms. The number of nitrogens with two attached hydrogens (primary N) is 2. The molecule has 2 rings (SSSR count). The van der Waals surface area contributed by atoms with Gasteiger partial charge in [-0.25, -0.2) is 0 Å². The van der Waals surface area contributed by atoms with Crippen LogP contribution in [0.4, 0.5) is 0 Å². The number of nitriles is 1. The summed E-state index contributed by atoms with van der Waals surface area (Å²) in [4.78, 5) is 0. The van der Waals surface area contributed by atoms with Crippen LogP contribution in [0, 0.1) is 17.2 Å². The Balaban J connectivity index is 2.16. The molecule has 0 heterocycles. The summed E-state index contributed by atoms with van der Waals surface area (Å²) in [5.74, 6) is 0.515. The predicted octanol–water partition coefficient (Wildman–Crippen LogP) is 4.42. The largest absolute Gasteiger partial charge is 0.324 e. The van der Waals surface area contributed by atoms with Crippen molar-refractivity contribution in [3.8, 4) is 6.07 Å². The molecule has 22 heavy (non-hydrogen) atoms. The number of hydrogen-bond donors (Lipinski definition) is 2. The van der Waals surface area contributed by atoms with Gasteiger partial charge in [0, 0.05) is 8.96 Å². The van der Waals surface area contributed by atoms with Gasteiger partial charge in [-0.1, -0.05) is 61.6 Å². The van der Waals surface area contributed by atoms with Gasteiger partial charge in [-0.3, -0.25) is 0 Å². The van der Waals surface area contributed by atoms with Gasteiger partial charge >= 0.3 is 0 Å². The molecule has 0 bridgehead atoms. The minimum Gasteiger partial charge on any atom is -0.324 e. The zero-order valence-corrected chi connectivity index (χ0v) is 16.2. The summed E-state index contributed by atoms with van der Waals surface area (Å²) < 4.78 is 0.291. The third kappa shape index (κ3) is 3.96. The smallest absolute Gasteiger partial charge is 0.104 e. The Bertz CT molecular complexity index is 415. The van der Waals surface area contributed by atoms with E-state index in [0.29, 0.717) is 9.34 Å². The maximum absolute atomic E-state index is 9.49. The molecule has 3 atom stereocenters. The van der Waals surface area contributed by atoms with Crippen molar-refractivity contribution in [1.29, 1.82) is 5.26 Å². The molecule has 2 aliphatic rings. The molecule has 0 aromatic heterocycles. The van der Waals surface area contributed by atoms with Gasteiger partial charge in [0.15, 0.2) is 0 Å². The molecule has 2 saturated carbocycles. The molecule has 0 saturated heterocycles. The number of alkyl halides is 1. The van der Waals surface area contributed by atoms with E-state index < -0.39 is 5.54 Å². The van der Waals surface area contributed by atoms with E-state index >= 15 is 0 Å². The second kappa shape index (κ2) is 7.36. The molecule has 4 heteroatoms. The monoisotopic (exact) mass is 417 g/mol. The normalized spacial score (nSPS) is 35.1. The van der Waals surface area contributed by atoms with Crippen molar-refractivity contribution in [3.63, 3.8) is 0 Å². The lowest BCUT2D eigenvalue weighted by Crippen LogP contribution is -2.56. The van der Waals surface area contributed by atoms with E-state index in [9.17, 15) is 5.26 Å². The molecule has 3 nitrogen and oxygen atoms in total. The first-order valence-corrected chi connectivity index (χ1v) is 10.1. The van der Waals surface area contributed by atoms with Crippen LogP contribution in [0.25, 0.3) is 0 Å². The highest BCUT2D eigenvalue weighted by Crippen LogP contribution is 2.57. The molecule has 2 fully saturated rings. The lowest BCUT2D eigenvalue weighted by atomic mass is 9.70. The van der Waals surface area contributed by atoms with Crippen LogP contribution < -0.4 is 11.5 Å². The molecule has 0 aliphatic heterocycles. The lowest BCUT2D eigenvalue weighted by Gasteiger charge is -2.43. The van der Waals surface area contributed by atoms with Gasteiger partial charge in [-0.05, 0) is 50.9 Å². The highest BCUT2D eigenvalue weighted by molar-refractivity contribution is 14.1. The average molecular weight is 417 g/mol. The summed E-state index contributed by atoms with van der Waals surface area (Å²) in [5, 5.41) is 9.49. The molecule has 3 unspecified atom stereocenters. The Hall–Kier alpha value is 0.140. The Morgan fingerprint density at radius 3 is 2.41 bits per heavy atom. The van der Waals surface area contributed by atoms with Crippen molar-refractivity contribution < 1.29 is 0 Å². The van der Waals surface area contributed by atoms with E-state index in [1.54, 1.807) is 0 Å². The minimum atomic E-state index is -0.634. The quantitative estimate of drug-likeness (QED) is 0.525. The summed E-state index contributed by atoms with van der Waals surface area (Å²) in [6.45, 7) is 2.24. The summed E-state index contributed by atoms with van der Waals surface area (Å²) in [7, 11) is 0. The first-order chi connectivity index (χ1) is 10.4. The molecule has 0 radical (unpaired) electrons. The Morgan fingerprint density at radius 2 is 1.82 bits per heavy atom. The summed E-state index contributed by atoms with van der Waals surface area (Å²) in [5.41, 5.74) is 12.7. The summed E-state index contributed by atoms with van der Waals surface area (Å²) in [6.07, 6.45) is 13.5. The lowest BCUT2D eigenvalue weighted by molar-refractivity contribution is 0.191. The van der Waals surface area contributed by atoms with Gasteiger partial charge in [0.1, 0.15) is 5.54 Å². The third-order valence-corrected chi connectivity index (χ3v) is 8.09. The van der Waals surface area contributed by atoms with Gasteiger partial charge in [0.2, 0.25) is 0 Å². The van der Waals surface area contributed by atoms with Crippen LogP contribution in [-0.4, -0.2) is 14.5 Å². The van der Waals surface area contributed by atoms with Crippen LogP contribution in [0.3, 0.4) is 0 Å². The van der Waals surface area contributed by atoms with Crippen LogP contribution in [-0.2, 0) is 0 Å². The average Bonchev–Trinajstić information content (AvgIpc) is 3.25. The topological polar surface area (TPSA) is 75.8 Å². The van der Waals surface area contributed by atoms with Crippen LogP contribution in [0.5, 0.6) is 0 Å². The van der Waals surface area contributed by atoms with Crippen LogP contribution in [0.1, 0.15) is 84.0 Å². The van der Waals surface area contributed by atoms with Crippen molar-refractivity contribution in [2.24, 2.45) is 17.4 Å². The molecule has 0 aromatic rings. The summed E-state index contributed by atoms with van der Waals surface area (Å²) in [6, 6.07) is 2.39. The molecule has 4 N–H and O–H groups in total. The third-order valence-electron chi connectivity index (χ3n) is 6.00. The van der Waals surface area contributed by atoms with Crippen LogP contribution >= 0.6 is 22.6 Å². The van der Waals surface area contributed by atoms with E-state index in [-0.39, 0.29) is 5.54 Å². The van der Waals surface area contributed by atoms with Gasteiger partial charge in [0.25, 0.3) is 0 Å². The molecular weight excluding hydrogens is 385 g/mol. The van der Waals surface area contributed by atoms with Crippen molar-refractivity contribution in [3.05, 3.63) is 0 Å². The zero-order valence-electron chi connectivity index (χ0n) is 14.0. The number of nitrogens with zero attached hydrogens (tertiary/aromatic N) is 1. The molecule has 2 aliphatic carbocycles. The summed E-state index contributed by atoms with van der Waals surface area (Å²) >= 11 is 2.63. The minimum absolute atomic E-state index is 0.0716. The molecule has 126 valence electrons. The van der Waals surface area contributed by atoms with Gasteiger partial charge in [0.05, 0.1) is 6.07 Å². The first-order valence-electron chi connectivity index (χ1n) is 9.07. The number of rotatable bonds is 4. The number of hydrogen-bond acceptors (Lipinski definition) is 3. The Kier molecular flexibility index (Phi) is 6.18. The predicted molar refractivity (Wildman–Crippen MR) is 101 cm³/mol. The SMILES string of the molecule is CCCC(N)(C1CCCCCCC(N)(C#N)CC1)C1(I)CC1. The Morgan fingerprint density at radius 1 is 1.14 bits per heavy atom. The van der Waals surface area contributed by atoms with E-state index in [1.165, 1.54) is 38.5 Å². The second-order valence-corrected chi connectivity index (χ2v) is 9.78. The van der Waals surface area contributed by atoms with Crippen molar-refractivity contribution >= 4 is 22.6 Å². The van der Waals surface area contributed by atoms with Crippen molar-refractivity contribution in [1.82, 2.24) is 0 Å². The maximum atomic E-state index is 9.49. The van der Waals surface area contributed by atoms with Crippen molar-refractivity contribution in [2.75, 3.05) is 0 Å². The van der Waals surface area contributed by atoms with Crippen LogP contribution in [0.15, 0.2) is 0 Å². The highest BCUT2D eigenvalue weighted by atomic mass is 127. The zero-order chi connectivity index (χ0) is 16.3.